The third kappa shape index (κ3) is 3.06. The van der Waals surface area contributed by atoms with E-state index in [1.807, 2.05) is 50.3 Å². The maximum Gasteiger partial charge on any atom is 0.258 e. The molecule has 2 atom stereocenters. The summed E-state index contributed by atoms with van der Waals surface area (Å²) >= 11 is 6.69. The van der Waals surface area contributed by atoms with Crippen LogP contribution in [0, 0.1) is 6.92 Å². The molecule has 1 fully saturated rings. The fourth-order valence-electron chi connectivity index (χ4n) is 4.37. The lowest BCUT2D eigenvalue weighted by molar-refractivity contribution is 0.0730. The molecule has 2 aliphatic heterocycles. The van der Waals surface area contributed by atoms with Gasteiger partial charge in [-0.2, -0.15) is 5.10 Å². The van der Waals surface area contributed by atoms with E-state index in [0.717, 1.165) is 40.9 Å². The predicted molar refractivity (Wildman–Crippen MR) is 115 cm³/mol. The van der Waals surface area contributed by atoms with E-state index in [4.69, 9.17) is 16.3 Å². The van der Waals surface area contributed by atoms with Crippen molar-refractivity contribution in [3.63, 3.8) is 0 Å². The van der Waals surface area contributed by atoms with Gasteiger partial charge in [0.25, 0.3) is 5.91 Å². The monoisotopic (exact) mass is 422 g/mol. The van der Waals surface area contributed by atoms with Crippen molar-refractivity contribution in [1.29, 1.82) is 0 Å². The largest absolute Gasteiger partial charge is 0.486 e. The number of ether oxygens (including phenoxy) is 1. The molecule has 0 N–H and O–H groups in total. The first-order chi connectivity index (χ1) is 14.4. The minimum absolute atomic E-state index is 0.00201. The Morgan fingerprint density at radius 2 is 2.13 bits per heavy atom. The van der Waals surface area contributed by atoms with Crippen LogP contribution in [-0.4, -0.2) is 44.3 Å². The zero-order valence-corrected chi connectivity index (χ0v) is 18.0. The molecule has 2 aromatic heterocycles. The fourth-order valence-corrected chi connectivity index (χ4v) is 4.64. The van der Waals surface area contributed by atoms with Crippen LogP contribution in [-0.2, 0) is 13.5 Å². The topological polar surface area (TPSA) is 60.2 Å². The van der Waals surface area contributed by atoms with Crippen molar-refractivity contribution in [2.75, 3.05) is 6.54 Å². The highest BCUT2D eigenvalue weighted by Crippen LogP contribution is 2.41. The van der Waals surface area contributed by atoms with Crippen LogP contribution in [0.15, 0.2) is 36.8 Å². The summed E-state index contributed by atoms with van der Waals surface area (Å²) in [6.07, 6.45) is 7.10. The van der Waals surface area contributed by atoms with Crippen molar-refractivity contribution in [2.24, 2.45) is 7.05 Å². The van der Waals surface area contributed by atoms with Crippen LogP contribution < -0.4 is 4.74 Å². The smallest absolute Gasteiger partial charge is 0.258 e. The van der Waals surface area contributed by atoms with Gasteiger partial charge in [0.05, 0.1) is 28.5 Å². The molecule has 0 radical (unpaired) electrons. The van der Waals surface area contributed by atoms with Gasteiger partial charge in [0.1, 0.15) is 6.10 Å². The number of pyridine rings is 1. The highest BCUT2D eigenvalue weighted by atomic mass is 35.5. The second kappa shape index (κ2) is 7.13. The third-order valence-electron chi connectivity index (χ3n) is 6.24. The van der Waals surface area contributed by atoms with Gasteiger partial charge in [0, 0.05) is 38.0 Å². The van der Waals surface area contributed by atoms with Crippen LogP contribution in [0.3, 0.4) is 0 Å². The number of rotatable bonds is 3. The average Bonchev–Trinajstić information content (AvgIpc) is 3.30. The normalized spacial score (nSPS) is 20.1. The van der Waals surface area contributed by atoms with Gasteiger partial charge in [-0.1, -0.05) is 17.7 Å². The lowest BCUT2D eigenvalue weighted by Gasteiger charge is -2.20. The first-order valence-corrected chi connectivity index (χ1v) is 10.5. The minimum Gasteiger partial charge on any atom is -0.486 e. The van der Waals surface area contributed by atoms with Crippen LogP contribution >= 0.6 is 11.6 Å². The summed E-state index contributed by atoms with van der Waals surface area (Å²) in [6, 6.07) is 6.06. The number of hydrogen-bond donors (Lipinski definition) is 0. The van der Waals surface area contributed by atoms with Crippen LogP contribution in [0.1, 0.15) is 40.4 Å². The number of carbonyl (C=O) groups is 1. The Kier molecular flexibility index (Phi) is 4.54. The molecular formula is C23H23ClN4O2. The summed E-state index contributed by atoms with van der Waals surface area (Å²) in [4.78, 5) is 19.6. The number of amides is 1. The quantitative estimate of drug-likeness (QED) is 0.639. The summed E-state index contributed by atoms with van der Waals surface area (Å²) in [5.41, 5.74) is 5.44. The Bertz CT molecular complexity index is 1140. The van der Waals surface area contributed by atoms with Gasteiger partial charge in [-0.05, 0) is 49.1 Å². The highest BCUT2D eigenvalue weighted by Gasteiger charge is 2.41. The average molecular weight is 423 g/mol. The molecule has 1 saturated heterocycles. The van der Waals surface area contributed by atoms with Crippen LogP contribution in [0.4, 0.5) is 0 Å². The lowest BCUT2D eigenvalue weighted by atomic mass is 9.97. The van der Waals surface area contributed by atoms with Crippen molar-refractivity contribution in [1.82, 2.24) is 19.7 Å². The Balaban J connectivity index is 1.47. The van der Waals surface area contributed by atoms with E-state index in [0.29, 0.717) is 22.8 Å². The summed E-state index contributed by atoms with van der Waals surface area (Å²) in [5.74, 6) is 0.540. The van der Waals surface area contributed by atoms with Crippen molar-refractivity contribution in [2.45, 2.75) is 38.8 Å². The van der Waals surface area contributed by atoms with Gasteiger partial charge in [-0.3, -0.25) is 14.5 Å². The molecule has 4 heterocycles. The molecule has 6 nitrogen and oxygen atoms in total. The number of halogens is 1. The lowest BCUT2D eigenvalue weighted by Crippen LogP contribution is -2.36. The van der Waals surface area contributed by atoms with Gasteiger partial charge in [-0.15, -0.1) is 0 Å². The van der Waals surface area contributed by atoms with Gasteiger partial charge >= 0.3 is 0 Å². The van der Waals surface area contributed by atoms with E-state index in [9.17, 15) is 4.79 Å². The highest BCUT2D eigenvalue weighted by molar-refractivity contribution is 6.33. The van der Waals surface area contributed by atoms with Gasteiger partial charge < -0.3 is 9.64 Å². The zero-order chi connectivity index (χ0) is 21.0. The van der Waals surface area contributed by atoms with Crippen molar-refractivity contribution in [3.05, 3.63) is 64.1 Å². The number of hydrogen-bond acceptors (Lipinski definition) is 4. The van der Waals surface area contributed by atoms with E-state index in [1.165, 1.54) is 0 Å². The molecule has 1 aromatic carbocycles. The maximum absolute atomic E-state index is 13.1. The first kappa shape index (κ1) is 19.1. The van der Waals surface area contributed by atoms with E-state index in [-0.39, 0.29) is 18.1 Å². The number of fused-ring (bicyclic) bond motifs is 3. The van der Waals surface area contributed by atoms with Crippen LogP contribution in [0.5, 0.6) is 5.75 Å². The standard InChI is InChI=1S/C23H23ClN4O2/c1-13-16(8-15-4-5-19(25-10-15)17-11-26-27(3)12-17)9-18-22(21(13)24)30-20-6-7-28(14(20)2)23(18)29/h4-5,9-12,14,20H,6-8H2,1-3H3/t14-,20-/m0/s1. The molecule has 3 aromatic rings. The molecule has 2 bridgehead atoms. The summed E-state index contributed by atoms with van der Waals surface area (Å²) in [7, 11) is 1.89. The van der Waals surface area contributed by atoms with E-state index < -0.39 is 0 Å². The number of nitrogens with zero attached hydrogens (tertiary/aromatic N) is 4. The molecule has 0 unspecified atom stereocenters. The van der Waals surface area contributed by atoms with Crippen molar-refractivity contribution < 1.29 is 9.53 Å². The molecular weight excluding hydrogens is 400 g/mol. The predicted octanol–water partition coefficient (Wildman–Crippen LogP) is 4.03. The molecule has 5 rings (SSSR count). The third-order valence-corrected chi connectivity index (χ3v) is 6.69. The molecule has 1 amide bonds. The Hall–Kier alpha value is -2.86. The second-order valence-corrected chi connectivity index (χ2v) is 8.54. The Morgan fingerprint density at radius 3 is 2.83 bits per heavy atom. The van der Waals surface area contributed by atoms with E-state index >= 15 is 0 Å². The Morgan fingerprint density at radius 1 is 1.30 bits per heavy atom. The molecule has 154 valence electrons. The second-order valence-electron chi connectivity index (χ2n) is 8.17. The Labute approximate surface area is 180 Å². The molecule has 2 aliphatic rings. The van der Waals surface area contributed by atoms with Gasteiger partial charge in [-0.25, -0.2) is 0 Å². The molecule has 0 saturated carbocycles. The molecule has 0 spiro atoms. The van der Waals surface area contributed by atoms with E-state index in [1.54, 1.807) is 10.9 Å². The molecule has 30 heavy (non-hydrogen) atoms. The van der Waals surface area contributed by atoms with Crippen LogP contribution in [0.25, 0.3) is 11.3 Å². The summed E-state index contributed by atoms with van der Waals surface area (Å²) in [5, 5.41) is 4.73. The number of benzene rings is 1. The molecule has 0 aliphatic carbocycles. The summed E-state index contributed by atoms with van der Waals surface area (Å²) in [6.45, 7) is 4.75. The van der Waals surface area contributed by atoms with Crippen molar-refractivity contribution in [3.8, 4) is 17.0 Å². The maximum atomic E-state index is 13.1. The van der Waals surface area contributed by atoms with E-state index in [2.05, 4.69) is 16.1 Å². The number of aromatic nitrogens is 3. The zero-order valence-electron chi connectivity index (χ0n) is 17.2. The van der Waals surface area contributed by atoms with Gasteiger partial charge in [0.2, 0.25) is 0 Å². The fraction of sp³-hybridized carbons (Fsp3) is 0.348. The van der Waals surface area contributed by atoms with Crippen LogP contribution in [0.2, 0.25) is 5.02 Å². The van der Waals surface area contributed by atoms with Gasteiger partial charge in [0.15, 0.2) is 5.75 Å². The SMILES string of the molecule is Cc1c(Cc2ccc(-c3cnn(C)c3)nc2)cc2c(c1Cl)O[C@H]1CCN(C2=O)[C@H]1C. The number of aryl methyl sites for hydroxylation is 1. The summed E-state index contributed by atoms with van der Waals surface area (Å²) < 4.78 is 7.96. The van der Waals surface area contributed by atoms with Crippen molar-refractivity contribution >= 4 is 17.5 Å². The number of carbonyl (C=O) groups excluding carboxylic acids is 1. The minimum atomic E-state index is 0.00201. The first-order valence-electron chi connectivity index (χ1n) is 10.2. The molecule has 7 heteroatoms.